The number of carbonyl (C=O) groups is 1. The Balaban J connectivity index is 1.84. The van der Waals surface area contributed by atoms with Gasteiger partial charge in [-0.3, -0.25) is 14.9 Å². The summed E-state index contributed by atoms with van der Waals surface area (Å²) in [6, 6.07) is 14.3. The first kappa shape index (κ1) is 19.4. The molecule has 2 aromatic carbocycles. The molecule has 0 aromatic heterocycles. The molecular weight excluding hydrogens is 362 g/mol. The number of piperidine rings is 1. The average Bonchev–Trinajstić information content (AvgIpc) is 2.69. The molecule has 1 fully saturated rings. The number of rotatable bonds is 6. The Morgan fingerprint density at radius 3 is 2.56 bits per heavy atom. The van der Waals surface area contributed by atoms with Crippen LogP contribution in [0, 0.1) is 16.0 Å². The predicted octanol–water partition coefficient (Wildman–Crippen LogP) is 3.82. The van der Waals surface area contributed by atoms with Crippen LogP contribution in [0.3, 0.4) is 0 Å². The summed E-state index contributed by atoms with van der Waals surface area (Å²) in [5.74, 6) is 0.447. The third-order valence-corrected chi connectivity index (χ3v) is 5.85. The normalized spacial score (nSPS) is 14.9. The van der Waals surface area contributed by atoms with Crippen LogP contribution < -0.4 is 5.32 Å². The minimum atomic E-state index is -0.451. The number of hydrogen-bond acceptors (Lipinski definition) is 5. The van der Waals surface area contributed by atoms with Gasteiger partial charge in [-0.15, -0.1) is 0 Å². The molecule has 6 nitrogen and oxygen atoms in total. The van der Waals surface area contributed by atoms with Gasteiger partial charge < -0.3 is 10.2 Å². The molecule has 1 aliphatic heterocycles. The fourth-order valence-corrected chi connectivity index (χ4v) is 4.24. The second kappa shape index (κ2) is 9.01. The Hall–Kier alpha value is -2.38. The van der Waals surface area contributed by atoms with E-state index in [9.17, 15) is 14.9 Å². The lowest BCUT2D eigenvalue weighted by Crippen LogP contribution is -2.40. The third kappa shape index (κ3) is 4.87. The van der Waals surface area contributed by atoms with Crippen LogP contribution >= 0.6 is 11.8 Å². The van der Waals surface area contributed by atoms with E-state index in [1.165, 1.54) is 23.9 Å². The second-order valence-electron chi connectivity index (χ2n) is 6.65. The molecule has 0 bridgehead atoms. The van der Waals surface area contributed by atoms with Gasteiger partial charge in [0.1, 0.15) is 0 Å². The van der Waals surface area contributed by atoms with Crippen LogP contribution in [0.4, 0.5) is 5.69 Å². The molecule has 0 aliphatic carbocycles. The van der Waals surface area contributed by atoms with Crippen LogP contribution in [0.25, 0.3) is 0 Å². The first-order valence-electron chi connectivity index (χ1n) is 9.03. The Labute approximate surface area is 163 Å². The van der Waals surface area contributed by atoms with Gasteiger partial charge in [-0.1, -0.05) is 30.0 Å². The Bertz CT molecular complexity index is 805. The van der Waals surface area contributed by atoms with Crippen molar-refractivity contribution >= 4 is 23.4 Å². The molecule has 7 heteroatoms. The van der Waals surface area contributed by atoms with Gasteiger partial charge in [0, 0.05) is 35.0 Å². The highest BCUT2D eigenvalue weighted by atomic mass is 32.2. The molecule has 27 heavy (non-hydrogen) atoms. The molecule has 142 valence electrons. The molecule has 0 radical (unpaired) electrons. The van der Waals surface area contributed by atoms with Crippen molar-refractivity contribution < 1.29 is 9.72 Å². The summed E-state index contributed by atoms with van der Waals surface area (Å²) in [7, 11) is 1.94. The van der Waals surface area contributed by atoms with Crippen LogP contribution in [-0.2, 0) is 0 Å². The van der Waals surface area contributed by atoms with Crippen molar-refractivity contribution in [2.24, 2.45) is 5.92 Å². The third-order valence-electron chi connectivity index (χ3n) is 4.77. The summed E-state index contributed by atoms with van der Waals surface area (Å²) in [5.41, 5.74) is 0.353. The fraction of sp³-hybridized carbons (Fsp3) is 0.350. The lowest BCUT2D eigenvalue weighted by molar-refractivity contribution is -0.384. The lowest BCUT2D eigenvalue weighted by atomic mass is 9.96. The molecule has 1 amide bonds. The molecule has 0 unspecified atom stereocenters. The van der Waals surface area contributed by atoms with E-state index in [1.807, 2.05) is 42.3 Å². The van der Waals surface area contributed by atoms with Crippen LogP contribution in [0.5, 0.6) is 0 Å². The van der Waals surface area contributed by atoms with E-state index in [1.54, 1.807) is 6.07 Å². The summed E-state index contributed by atoms with van der Waals surface area (Å²) in [6.07, 6.45) is 1.89. The van der Waals surface area contributed by atoms with Gasteiger partial charge in [0.15, 0.2) is 0 Å². The van der Waals surface area contributed by atoms with E-state index in [0.29, 0.717) is 24.6 Å². The van der Waals surface area contributed by atoms with Crippen molar-refractivity contribution in [1.29, 1.82) is 0 Å². The first-order valence-corrected chi connectivity index (χ1v) is 9.85. The van der Waals surface area contributed by atoms with Crippen molar-refractivity contribution in [3.63, 3.8) is 0 Å². The molecule has 2 aromatic rings. The van der Waals surface area contributed by atoms with E-state index < -0.39 is 4.92 Å². The minimum absolute atomic E-state index is 0.0548. The zero-order valence-corrected chi connectivity index (χ0v) is 16.1. The fourth-order valence-electron chi connectivity index (χ4n) is 3.30. The second-order valence-corrected chi connectivity index (χ2v) is 7.76. The van der Waals surface area contributed by atoms with Crippen LogP contribution in [0.2, 0.25) is 0 Å². The SMILES string of the molecule is CNCC1CCN(C(=O)c2cc([N+](=O)[O-])ccc2Sc2ccccc2)CC1. The molecule has 1 aliphatic rings. The van der Waals surface area contributed by atoms with Crippen molar-refractivity contribution in [1.82, 2.24) is 10.2 Å². The topological polar surface area (TPSA) is 75.5 Å². The number of amides is 1. The zero-order valence-electron chi connectivity index (χ0n) is 15.3. The van der Waals surface area contributed by atoms with E-state index in [2.05, 4.69) is 5.32 Å². The van der Waals surface area contributed by atoms with Crippen LogP contribution in [0.1, 0.15) is 23.2 Å². The number of nitrogens with zero attached hydrogens (tertiary/aromatic N) is 2. The average molecular weight is 385 g/mol. The van der Waals surface area contributed by atoms with Gasteiger partial charge >= 0.3 is 0 Å². The molecule has 0 atom stereocenters. The zero-order chi connectivity index (χ0) is 19.2. The molecule has 0 spiro atoms. The standard InChI is InChI=1S/C20H23N3O3S/c1-21-14-15-9-11-22(12-10-15)20(24)18-13-16(23(25)26)7-8-19(18)27-17-5-3-2-4-6-17/h2-8,13,15,21H,9-12,14H2,1H3. The van der Waals surface area contributed by atoms with Crippen molar-refractivity contribution in [2.75, 3.05) is 26.7 Å². The highest BCUT2D eigenvalue weighted by Gasteiger charge is 2.26. The van der Waals surface area contributed by atoms with Crippen LogP contribution in [0.15, 0.2) is 58.3 Å². The quantitative estimate of drug-likeness (QED) is 0.604. The Morgan fingerprint density at radius 1 is 1.22 bits per heavy atom. The summed E-state index contributed by atoms with van der Waals surface area (Å²) >= 11 is 1.46. The van der Waals surface area contributed by atoms with Gasteiger partial charge in [-0.2, -0.15) is 0 Å². The maximum absolute atomic E-state index is 13.1. The highest BCUT2D eigenvalue weighted by molar-refractivity contribution is 7.99. The molecule has 1 heterocycles. The number of nitrogens with one attached hydrogen (secondary N) is 1. The van der Waals surface area contributed by atoms with Gasteiger partial charge in [-0.05, 0) is 50.6 Å². The van der Waals surface area contributed by atoms with E-state index in [4.69, 9.17) is 0 Å². The predicted molar refractivity (Wildman–Crippen MR) is 106 cm³/mol. The number of nitro groups is 1. The lowest BCUT2D eigenvalue weighted by Gasteiger charge is -2.32. The van der Waals surface area contributed by atoms with E-state index in [-0.39, 0.29) is 11.6 Å². The number of non-ortho nitro benzene ring substituents is 1. The van der Waals surface area contributed by atoms with Crippen LogP contribution in [-0.4, -0.2) is 42.4 Å². The van der Waals surface area contributed by atoms with E-state index >= 15 is 0 Å². The summed E-state index contributed by atoms with van der Waals surface area (Å²) in [5, 5.41) is 14.4. The Morgan fingerprint density at radius 2 is 1.93 bits per heavy atom. The summed E-state index contributed by atoms with van der Waals surface area (Å²) < 4.78 is 0. The summed E-state index contributed by atoms with van der Waals surface area (Å²) in [4.78, 5) is 27.4. The maximum atomic E-state index is 13.1. The molecular formula is C20H23N3O3S. The van der Waals surface area contributed by atoms with Crippen molar-refractivity contribution in [3.05, 3.63) is 64.2 Å². The summed E-state index contributed by atoms with van der Waals surface area (Å²) in [6.45, 7) is 2.32. The monoisotopic (exact) mass is 385 g/mol. The largest absolute Gasteiger partial charge is 0.339 e. The van der Waals surface area contributed by atoms with Crippen molar-refractivity contribution in [3.8, 4) is 0 Å². The van der Waals surface area contributed by atoms with E-state index in [0.717, 1.165) is 29.2 Å². The maximum Gasteiger partial charge on any atom is 0.270 e. The Kier molecular flexibility index (Phi) is 6.47. The molecule has 0 saturated carbocycles. The minimum Gasteiger partial charge on any atom is -0.339 e. The highest BCUT2D eigenvalue weighted by Crippen LogP contribution is 2.33. The molecule has 1 saturated heterocycles. The van der Waals surface area contributed by atoms with Gasteiger partial charge in [0.05, 0.1) is 10.5 Å². The van der Waals surface area contributed by atoms with Gasteiger partial charge in [-0.25, -0.2) is 0 Å². The molecule has 3 rings (SSSR count). The number of nitro benzene ring substituents is 1. The first-order chi connectivity index (χ1) is 13.1. The van der Waals surface area contributed by atoms with Crippen molar-refractivity contribution in [2.45, 2.75) is 22.6 Å². The number of likely N-dealkylation sites (tertiary alicyclic amines) is 1. The smallest absolute Gasteiger partial charge is 0.270 e. The number of carbonyl (C=O) groups excluding carboxylic acids is 1. The number of hydrogen-bond donors (Lipinski definition) is 1. The molecule has 1 N–H and O–H groups in total. The van der Waals surface area contributed by atoms with Gasteiger partial charge in [0.25, 0.3) is 11.6 Å². The number of benzene rings is 2. The van der Waals surface area contributed by atoms with Gasteiger partial charge in [0.2, 0.25) is 0 Å².